The predicted octanol–water partition coefficient (Wildman–Crippen LogP) is 3.61. The normalized spacial score (nSPS) is 10.6. The molecule has 3 rings (SSSR count). The molecule has 3 aromatic rings. The Morgan fingerprint density at radius 2 is 2.05 bits per heavy atom. The van der Waals surface area contributed by atoms with E-state index >= 15 is 0 Å². The number of nitrogens with one attached hydrogen (secondary N) is 1. The summed E-state index contributed by atoms with van der Waals surface area (Å²) in [4.78, 5) is 16.4. The number of carbonyl (C=O) groups is 1. The molecule has 0 spiro atoms. The zero-order valence-electron chi connectivity index (χ0n) is 12.1. The maximum absolute atomic E-state index is 13.9. The molecule has 2 aromatic carbocycles. The molecule has 4 heteroatoms. The van der Waals surface area contributed by atoms with Crippen molar-refractivity contribution in [3.8, 4) is 0 Å². The van der Waals surface area contributed by atoms with Gasteiger partial charge in [-0.2, -0.15) is 0 Å². The van der Waals surface area contributed by atoms with Crippen LogP contribution in [-0.2, 0) is 6.54 Å². The van der Waals surface area contributed by atoms with E-state index in [1.807, 2.05) is 12.1 Å². The molecule has 1 N–H and O–H groups in total. The molecule has 0 aliphatic rings. The van der Waals surface area contributed by atoms with Gasteiger partial charge in [0, 0.05) is 29.3 Å². The molecule has 0 saturated heterocycles. The SMILES string of the molecule is Cc1cccc(CNC(=O)c2ccc3ncccc3c2)c1F. The summed E-state index contributed by atoms with van der Waals surface area (Å²) in [6, 6.07) is 14.2. The molecule has 0 saturated carbocycles. The fourth-order valence-electron chi connectivity index (χ4n) is 2.34. The van der Waals surface area contributed by atoms with Crippen LogP contribution in [0, 0.1) is 12.7 Å². The van der Waals surface area contributed by atoms with E-state index in [2.05, 4.69) is 10.3 Å². The number of halogens is 1. The highest BCUT2D eigenvalue weighted by Crippen LogP contribution is 2.14. The lowest BCUT2D eigenvalue weighted by molar-refractivity contribution is 0.0950. The van der Waals surface area contributed by atoms with Crippen LogP contribution in [0.3, 0.4) is 0 Å². The van der Waals surface area contributed by atoms with Crippen LogP contribution in [0.25, 0.3) is 10.9 Å². The Morgan fingerprint density at radius 1 is 1.18 bits per heavy atom. The highest BCUT2D eigenvalue weighted by molar-refractivity contribution is 5.97. The lowest BCUT2D eigenvalue weighted by atomic mass is 10.1. The largest absolute Gasteiger partial charge is 0.348 e. The van der Waals surface area contributed by atoms with Gasteiger partial charge in [0.25, 0.3) is 5.91 Å². The molecular weight excluding hydrogens is 279 g/mol. The van der Waals surface area contributed by atoms with Crippen LogP contribution >= 0.6 is 0 Å². The molecule has 0 bridgehead atoms. The van der Waals surface area contributed by atoms with Crippen molar-refractivity contribution in [2.45, 2.75) is 13.5 Å². The lowest BCUT2D eigenvalue weighted by Gasteiger charge is -2.08. The molecule has 110 valence electrons. The van der Waals surface area contributed by atoms with Gasteiger partial charge in [-0.3, -0.25) is 9.78 Å². The van der Waals surface area contributed by atoms with Gasteiger partial charge in [-0.25, -0.2) is 4.39 Å². The van der Waals surface area contributed by atoms with Gasteiger partial charge < -0.3 is 5.32 Å². The molecule has 0 unspecified atom stereocenters. The zero-order chi connectivity index (χ0) is 15.5. The van der Waals surface area contributed by atoms with Crippen molar-refractivity contribution < 1.29 is 9.18 Å². The van der Waals surface area contributed by atoms with Gasteiger partial charge in [-0.05, 0) is 36.8 Å². The third-order valence-corrected chi connectivity index (χ3v) is 3.58. The van der Waals surface area contributed by atoms with Crippen molar-refractivity contribution >= 4 is 16.8 Å². The van der Waals surface area contributed by atoms with Gasteiger partial charge in [0.1, 0.15) is 5.82 Å². The summed E-state index contributed by atoms with van der Waals surface area (Å²) in [7, 11) is 0. The van der Waals surface area contributed by atoms with E-state index < -0.39 is 0 Å². The summed E-state index contributed by atoms with van der Waals surface area (Å²) in [5.74, 6) is -0.503. The van der Waals surface area contributed by atoms with Crippen molar-refractivity contribution in [3.63, 3.8) is 0 Å². The van der Waals surface area contributed by atoms with Crippen LogP contribution in [0.15, 0.2) is 54.7 Å². The average molecular weight is 294 g/mol. The molecule has 1 amide bonds. The number of pyridine rings is 1. The van der Waals surface area contributed by atoms with Crippen molar-refractivity contribution in [1.29, 1.82) is 0 Å². The number of hydrogen-bond donors (Lipinski definition) is 1. The minimum absolute atomic E-state index is 0.164. The van der Waals surface area contributed by atoms with E-state index in [0.717, 1.165) is 10.9 Å². The van der Waals surface area contributed by atoms with Gasteiger partial charge in [0.05, 0.1) is 5.52 Å². The van der Waals surface area contributed by atoms with Gasteiger partial charge in [0.2, 0.25) is 0 Å². The number of hydrogen-bond acceptors (Lipinski definition) is 2. The second kappa shape index (κ2) is 5.93. The second-order valence-electron chi connectivity index (χ2n) is 5.14. The summed E-state index contributed by atoms with van der Waals surface area (Å²) in [5, 5.41) is 3.65. The van der Waals surface area contributed by atoms with Gasteiger partial charge in [0.15, 0.2) is 0 Å². The topological polar surface area (TPSA) is 42.0 Å². The number of amides is 1. The molecule has 3 nitrogen and oxygen atoms in total. The van der Waals surface area contributed by atoms with Crippen LogP contribution in [0.5, 0.6) is 0 Å². The van der Waals surface area contributed by atoms with Crippen LogP contribution in [0.1, 0.15) is 21.5 Å². The molecule has 0 aliphatic carbocycles. The summed E-state index contributed by atoms with van der Waals surface area (Å²) < 4.78 is 13.9. The molecule has 0 fully saturated rings. The number of nitrogens with zero attached hydrogens (tertiary/aromatic N) is 1. The third-order valence-electron chi connectivity index (χ3n) is 3.58. The van der Waals surface area contributed by atoms with E-state index in [1.165, 1.54) is 0 Å². The maximum atomic E-state index is 13.9. The predicted molar refractivity (Wildman–Crippen MR) is 84.1 cm³/mol. The first-order chi connectivity index (χ1) is 10.6. The van der Waals surface area contributed by atoms with Gasteiger partial charge in [-0.1, -0.05) is 24.3 Å². The molecular formula is C18H15FN2O. The fraction of sp³-hybridized carbons (Fsp3) is 0.111. The Morgan fingerprint density at radius 3 is 2.91 bits per heavy atom. The fourth-order valence-corrected chi connectivity index (χ4v) is 2.34. The Hall–Kier alpha value is -2.75. The van der Waals surface area contributed by atoms with E-state index in [0.29, 0.717) is 16.7 Å². The smallest absolute Gasteiger partial charge is 0.251 e. The standard InChI is InChI=1S/C18H15FN2O/c1-12-4-2-5-15(17(12)19)11-21-18(22)14-7-8-16-13(10-14)6-3-9-20-16/h2-10H,11H2,1H3,(H,21,22). The Kier molecular flexibility index (Phi) is 3.83. The first-order valence-corrected chi connectivity index (χ1v) is 7.02. The summed E-state index contributed by atoms with van der Waals surface area (Å²) in [5.41, 5.74) is 2.43. The zero-order valence-corrected chi connectivity index (χ0v) is 12.1. The van der Waals surface area contributed by atoms with Crippen LogP contribution in [0.4, 0.5) is 4.39 Å². The Balaban J connectivity index is 1.77. The van der Waals surface area contributed by atoms with Crippen molar-refractivity contribution in [1.82, 2.24) is 10.3 Å². The summed E-state index contributed by atoms with van der Waals surface area (Å²) >= 11 is 0. The molecule has 22 heavy (non-hydrogen) atoms. The number of carbonyl (C=O) groups excluding carboxylic acids is 1. The van der Waals surface area contributed by atoms with Crippen molar-refractivity contribution in [2.75, 3.05) is 0 Å². The highest BCUT2D eigenvalue weighted by atomic mass is 19.1. The summed E-state index contributed by atoms with van der Waals surface area (Å²) in [6.45, 7) is 1.87. The number of benzene rings is 2. The van der Waals surface area contributed by atoms with Crippen LogP contribution in [-0.4, -0.2) is 10.9 Å². The maximum Gasteiger partial charge on any atom is 0.251 e. The van der Waals surface area contributed by atoms with E-state index in [1.54, 1.807) is 49.5 Å². The molecule has 0 aliphatic heterocycles. The molecule has 1 aromatic heterocycles. The highest BCUT2D eigenvalue weighted by Gasteiger charge is 2.09. The van der Waals surface area contributed by atoms with E-state index in [9.17, 15) is 9.18 Å². The molecule has 1 heterocycles. The Bertz CT molecular complexity index is 845. The first kappa shape index (κ1) is 14.2. The van der Waals surface area contributed by atoms with Gasteiger partial charge in [-0.15, -0.1) is 0 Å². The first-order valence-electron chi connectivity index (χ1n) is 7.02. The monoisotopic (exact) mass is 294 g/mol. The third kappa shape index (κ3) is 2.81. The van der Waals surface area contributed by atoms with Crippen LogP contribution in [0.2, 0.25) is 0 Å². The second-order valence-corrected chi connectivity index (χ2v) is 5.14. The number of aromatic nitrogens is 1. The minimum Gasteiger partial charge on any atom is -0.348 e. The van der Waals surface area contributed by atoms with Crippen molar-refractivity contribution in [3.05, 3.63) is 77.2 Å². The number of aryl methyl sites for hydroxylation is 1. The lowest BCUT2D eigenvalue weighted by Crippen LogP contribution is -2.23. The summed E-state index contributed by atoms with van der Waals surface area (Å²) in [6.07, 6.45) is 1.71. The van der Waals surface area contributed by atoms with E-state index in [4.69, 9.17) is 0 Å². The number of fused-ring (bicyclic) bond motifs is 1. The minimum atomic E-state index is -0.273. The average Bonchev–Trinajstić information content (AvgIpc) is 2.55. The molecule has 0 atom stereocenters. The Labute approximate surface area is 127 Å². The van der Waals surface area contributed by atoms with Gasteiger partial charge >= 0.3 is 0 Å². The van der Waals surface area contributed by atoms with Crippen LogP contribution < -0.4 is 5.32 Å². The molecule has 0 radical (unpaired) electrons. The van der Waals surface area contributed by atoms with Crippen molar-refractivity contribution in [2.24, 2.45) is 0 Å². The number of rotatable bonds is 3. The quantitative estimate of drug-likeness (QED) is 0.801. The van der Waals surface area contributed by atoms with E-state index in [-0.39, 0.29) is 18.3 Å².